The highest BCUT2D eigenvalue weighted by atomic mass is 32.2. The van der Waals surface area contributed by atoms with E-state index in [0.717, 1.165) is 33.0 Å². The number of thioether (sulfide) groups is 1. The molecule has 0 spiro atoms. The average molecular weight is 432 g/mol. The molecule has 0 bridgehead atoms. The Labute approximate surface area is 186 Å². The Morgan fingerprint density at radius 1 is 0.968 bits per heavy atom. The van der Waals surface area contributed by atoms with Crippen LogP contribution in [0, 0.1) is 20.8 Å². The molecule has 0 atom stereocenters. The van der Waals surface area contributed by atoms with Gasteiger partial charge in [-0.3, -0.25) is 4.79 Å². The van der Waals surface area contributed by atoms with E-state index < -0.39 is 0 Å². The van der Waals surface area contributed by atoms with Gasteiger partial charge in [0.25, 0.3) is 0 Å². The summed E-state index contributed by atoms with van der Waals surface area (Å²) in [6, 6.07) is 19.5. The zero-order chi connectivity index (χ0) is 22.0. The second kappa shape index (κ2) is 8.86. The first-order valence-electron chi connectivity index (χ1n) is 10.2. The number of fused-ring (bicyclic) bond motifs is 1. The molecule has 0 saturated heterocycles. The topological polar surface area (TPSA) is 61.4 Å². The quantitative estimate of drug-likeness (QED) is 0.541. The Hall–Kier alpha value is -3.25. The Kier molecular flexibility index (Phi) is 6.00. The number of benzene rings is 3. The lowest BCUT2D eigenvalue weighted by Crippen LogP contribution is -2.34. The fourth-order valence-corrected chi connectivity index (χ4v) is 4.53. The average Bonchev–Trinajstić information content (AvgIpc) is 2.74. The summed E-state index contributed by atoms with van der Waals surface area (Å²) in [4.78, 5) is 28.1. The van der Waals surface area contributed by atoms with Gasteiger partial charge in [0.05, 0.1) is 18.0 Å². The number of para-hydroxylation sites is 1. The van der Waals surface area contributed by atoms with Crippen molar-refractivity contribution in [3.05, 3.63) is 82.9 Å². The summed E-state index contributed by atoms with van der Waals surface area (Å²) in [5.41, 5.74) is 6.55. The van der Waals surface area contributed by atoms with Crippen LogP contribution in [-0.4, -0.2) is 17.7 Å². The first-order valence-corrected chi connectivity index (χ1v) is 11.2. The Morgan fingerprint density at radius 3 is 2.39 bits per heavy atom. The minimum absolute atomic E-state index is 0.0650. The molecule has 3 amide bonds. The summed E-state index contributed by atoms with van der Waals surface area (Å²) in [5.74, 6) is 0.480. The summed E-state index contributed by atoms with van der Waals surface area (Å²) in [5, 5.41) is 5.84. The van der Waals surface area contributed by atoms with Crippen LogP contribution in [0.2, 0.25) is 0 Å². The number of nitrogens with zero attached hydrogens (tertiary/aromatic N) is 1. The molecule has 4 rings (SSSR count). The van der Waals surface area contributed by atoms with Gasteiger partial charge in [0.2, 0.25) is 5.91 Å². The molecule has 1 aliphatic heterocycles. The number of nitrogens with one attached hydrogen (secondary N) is 2. The molecule has 0 saturated carbocycles. The molecule has 3 aromatic rings. The first-order chi connectivity index (χ1) is 14.9. The molecular formula is C25H25N3O2S. The summed E-state index contributed by atoms with van der Waals surface area (Å²) < 4.78 is 0. The van der Waals surface area contributed by atoms with E-state index in [-0.39, 0.29) is 11.9 Å². The van der Waals surface area contributed by atoms with E-state index in [1.54, 1.807) is 4.90 Å². The highest BCUT2D eigenvalue weighted by molar-refractivity contribution is 8.00. The van der Waals surface area contributed by atoms with Crippen molar-refractivity contribution >= 4 is 40.8 Å². The Balaban J connectivity index is 1.55. The molecule has 0 unspecified atom stereocenters. The number of amides is 3. The van der Waals surface area contributed by atoms with Crippen LogP contribution in [-0.2, 0) is 11.3 Å². The van der Waals surface area contributed by atoms with Crippen molar-refractivity contribution in [2.24, 2.45) is 0 Å². The van der Waals surface area contributed by atoms with Gasteiger partial charge in [-0.1, -0.05) is 48.0 Å². The number of rotatable bonds is 4. The largest absolute Gasteiger partial charge is 0.323 e. The van der Waals surface area contributed by atoms with Crippen molar-refractivity contribution in [1.82, 2.24) is 0 Å². The van der Waals surface area contributed by atoms with Gasteiger partial charge < -0.3 is 15.5 Å². The van der Waals surface area contributed by atoms with E-state index >= 15 is 0 Å². The second-order valence-electron chi connectivity index (χ2n) is 7.78. The third-order valence-corrected chi connectivity index (χ3v) is 6.39. The maximum Gasteiger partial charge on any atom is 0.323 e. The lowest BCUT2D eigenvalue weighted by Gasteiger charge is -2.29. The molecular weight excluding hydrogens is 406 g/mol. The van der Waals surface area contributed by atoms with Crippen molar-refractivity contribution in [1.29, 1.82) is 0 Å². The van der Waals surface area contributed by atoms with E-state index in [0.29, 0.717) is 18.0 Å². The maximum atomic E-state index is 12.7. The van der Waals surface area contributed by atoms with E-state index in [2.05, 4.69) is 22.8 Å². The molecule has 0 fully saturated rings. The summed E-state index contributed by atoms with van der Waals surface area (Å²) in [6.45, 7) is 6.48. The highest BCUT2D eigenvalue weighted by Crippen LogP contribution is 2.38. The predicted octanol–water partition coefficient (Wildman–Crippen LogP) is 5.89. The van der Waals surface area contributed by atoms with Crippen LogP contribution >= 0.6 is 11.8 Å². The molecule has 31 heavy (non-hydrogen) atoms. The smallest absolute Gasteiger partial charge is 0.308 e. The van der Waals surface area contributed by atoms with Crippen LogP contribution in [0.3, 0.4) is 0 Å². The predicted molar refractivity (Wildman–Crippen MR) is 128 cm³/mol. The van der Waals surface area contributed by atoms with Crippen molar-refractivity contribution in [2.75, 3.05) is 21.3 Å². The number of hydrogen-bond acceptors (Lipinski definition) is 3. The van der Waals surface area contributed by atoms with Crippen molar-refractivity contribution < 1.29 is 9.59 Å². The molecule has 158 valence electrons. The molecule has 6 heteroatoms. The Morgan fingerprint density at radius 2 is 1.68 bits per heavy atom. The van der Waals surface area contributed by atoms with Gasteiger partial charge in [0, 0.05) is 16.3 Å². The number of carbonyl (C=O) groups is 2. The number of carbonyl (C=O) groups excluding carboxylic acids is 2. The van der Waals surface area contributed by atoms with Crippen LogP contribution in [0.5, 0.6) is 0 Å². The molecule has 5 nitrogen and oxygen atoms in total. The molecule has 0 radical (unpaired) electrons. The third-order valence-electron chi connectivity index (χ3n) is 5.34. The third kappa shape index (κ3) is 4.75. The first kappa shape index (κ1) is 21.0. The van der Waals surface area contributed by atoms with Gasteiger partial charge in [-0.15, -0.1) is 11.8 Å². The second-order valence-corrected chi connectivity index (χ2v) is 8.80. The van der Waals surface area contributed by atoms with Crippen molar-refractivity contribution in [3.63, 3.8) is 0 Å². The number of anilines is 3. The molecule has 0 aromatic heterocycles. The van der Waals surface area contributed by atoms with E-state index in [9.17, 15) is 9.59 Å². The molecule has 1 aliphatic rings. The van der Waals surface area contributed by atoms with Gasteiger partial charge in [-0.2, -0.15) is 0 Å². The van der Waals surface area contributed by atoms with E-state index in [1.807, 2.05) is 69.3 Å². The molecule has 2 N–H and O–H groups in total. The van der Waals surface area contributed by atoms with Gasteiger partial charge in [-0.25, -0.2) is 4.79 Å². The van der Waals surface area contributed by atoms with E-state index in [1.165, 1.54) is 17.3 Å². The zero-order valence-corrected chi connectivity index (χ0v) is 18.7. The van der Waals surface area contributed by atoms with Gasteiger partial charge in [0.1, 0.15) is 0 Å². The van der Waals surface area contributed by atoms with Gasteiger partial charge in [0.15, 0.2) is 0 Å². The normalized spacial score (nSPS) is 13.0. The fraction of sp³-hybridized carbons (Fsp3) is 0.200. The Bertz CT molecular complexity index is 1120. The molecule has 0 aliphatic carbocycles. The zero-order valence-electron chi connectivity index (χ0n) is 17.9. The summed E-state index contributed by atoms with van der Waals surface area (Å²) in [7, 11) is 0. The van der Waals surface area contributed by atoms with Crippen LogP contribution in [0.4, 0.5) is 21.9 Å². The van der Waals surface area contributed by atoms with Crippen LogP contribution in [0.15, 0.2) is 65.6 Å². The summed E-state index contributed by atoms with van der Waals surface area (Å²) in [6.07, 6.45) is 0. The van der Waals surface area contributed by atoms with Crippen LogP contribution < -0.4 is 15.5 Å². The van der Waals surface area contributed by atoms with E-state index in [4.69, 9.17) is 0 Å². The SMILES string of the molecule is Cc1ccc(CN2C(=O)CSc3ccc(NC(=O)Nc4c(C)cccc4C)cc32)cc1. The summed E-state index contributed by atoms with van der Waals surface area (Å²) >= 11 is 1.53. The lowest BCUT2D eigenvalue weighted by molar-refractivity contribution is -0.116. The number of aryl methyl sites for hydroxylation is 3. The monoisotopic (exact) mass is 431 g/mol. The number of hydrogen-bond donors (Lipinski definition) is 2. The highest BCUT2D eigenvalue weighted by Gasteiger charge is 2.25. The maximum absolute atomic E-state index is 12.7. The fourth-order valence-electron chi connectivity index (χ4n) is 3.62. The lowest BCUT2D eigenvalue weighted by atomic mass is 10.1. The van der Waals surface area contributed by atoms with Gasteiger partial charge in [-0.05, 0) is 55.7 Å². The minimum Gasteiger partial charge on any atom is -0.308 e. The van der Waals surface area contributed by atoms with Crippen molar-refractivity contribution in [2.45, 2.75) is 32.2 Å². The van der Waals surface area contributed by atoms with Crippen LogP contribution in [0.25, 0.3) is 0 Å². The molecule has 3 aromatic carbocycles. The number of urea groups is 1. The standard InChI is InChI=1S/C25H25N3O2S/c1-16-7-9-19(10-8-16)14-28-21-13-20(11-12-22(21)31-15-23(28)29)26-25(30)27-24-17(2)5-4-6-18(24)3/h4-13H,14-15H2,1-3H3,(H2,26,27,30). The van der Waals surface area contributed by atoms with Gasteiger partial charge >= 0.3 is 6.03 Å². The van der Waals surface area contributed by atoms with Crippen molar-refractivity contribution in [3.8, 4) is 0 Å². The minimum atomic E-state index is -0.308. The van der Waals surface area contributed by atoms with Crippen LogP contribution in [0.1, 0.15) is 22.3 Å². The molecule has 1 heterocycles.